The molecule has 0 aliphatic carbocycles. The number of benzene rings is 1. The van der Waals surface area contributed by atoms with Crippen LogP contribution in [0.25, 0.3) is 0 Å². The Bertz CT molecular complexity index is 407. The second-order valence-electron chi connectivity index (χ2n) is 5.68. The molecule has 3 nitrogen and oxygen atoms in total. The molecule has 1 heterocycles. The van der Waals surface area contributed by atoms with E-state index in [1.165, 1.54) is 5.56 Å². The summed E-state index contributed by atoms with van der Waals surface area (Å²) in [5, 5.41) is 10.6. The zero-order valence-corrected chi connectivity index (χ0v) is 12.3. The average Bonchev–Trinajstić information content (AvgIpc) is 2.36. The van der Waals surface area contributed by atoms with Gasteiger partial charge in [0.25, 0.3) is 0 Å². The SMILES string of the molecule is CC(N)C(c1ccc(Cl)cc1)N1CCC(O)C(C)C1. The number of piperidine rings is 1. The summed E-state index contributed by atoms with van der Waals surface area (Å²) in [6.07, 6.45) is 0.632. The number of aliphatic hydroxyl groups is 1. The highest BCUT2D eigenvalue weighted by Gasteiger charge is 2.31. The molecule has 0 amide bonds. The van der Waals surface area contributed by atoms with E-state index < -0.39 is 0 Å². The maximum absolute atomic E-state index is 9.85. The molecular weight excluding hydrogens is 260 g/mol. The largest absolute Gasteiger partial charge is 0.393 e. The van der Waals surface area contributed by atoms with Gasteiger partial charge in [-0.15, -0.1) is 0 Å². The number of nitrogens with two attached hydrogens (primary N) is 1. The van der Waals surface area contributed by atoms with Crippen molar-refractivity contribution >= 4 is 11.6 Å². The van der Waals surface area contributed by atoms with E-state index in [1.807, 2.05) is 31.2 Å². The fourth-order valence-corrected chi connectivity index (χ4v) is 3.05. The van der Waals surface area contributed by atoms with Crippen LogP contribution in [0.1, 0.15) is 31.9 Å². The van der Waals surface area contributed by atoms with Gasteiger partial charge in [0.2, 0.25) is 0 Å². The van der Waals surface area contributed by atoms with Gasteiger partial charge in [0.05, 0.1) is 6.10 Å². The van der Waals surface area contributed by atoms with Gasteiger partial charge in [0.1, 0.15) is 0 Å². The lowest BCUT2D eigenvalue weighted by atomic mass is 9.91. The van der Waals surface area contributed by atoms with E-state index in [0.717, 1.165) is 24.5 Å². The van der Waals surface area contributed by atoms with E-state index in [4.69, 9.17) is 17.3 Å². The molecule has 3 N–H and O–H groups in total. The summed E-state index contributed by atoms with van der Waals surface area (Å²) in [5.41, 5.74) is 7.38. The van der Waals surface area contributed by atoms with Crippen molar-refractivity contribution < 1.29 is 5.11 Å². The lowest BCUT2D eigenvalue weighted by Crippen LogP contribution is -2.48. The van der Waals surface area contributed by atoms with E-state index in [-0.39, 0.29) is 18.2 Å². The van der Waals surface area contributed by atoms with E-state index in [1.54, 1.807) is 0 Å². The first-order chi connectivity index (χ1) is 8.99. The average molecular weight is 283 g/mol. The third-order valence-electron chi connectivity index (χ3n) is 3.99. The highest BCUT2D eigenvalue weighted by molar-refractivity contribution is 6.30. The third-order valence-corrected chi connectivity index (χ3v) is 4.25. The molecule has 19 heavy (non-hydrogen) atoms. The first-order valence-electron chi connectivity index (χ1n) is 6.92. The minimum Gasteiger partial charge on any atom is -0.393 e. The molecule has 1 saturated heterocycles. The van der Waals surface area contributed by atoms with Crippen molar-refractivity contribution in [3.8, 4) is 0 Å². The van der Waals surface area contributed by atoms with Crippen LogP contribution in [0.5, 0.6) is 0 Å². The lowest BCUT2D eigenvalue weighted by molar-refractivity contribution is 0.0126. The monoisotopic (exact) mass is 282 g/mol. The van der Waals surface area contributed by atoms with Crippen molar-refractivity contribution in [2.24, 2.45) is 11.7 Å². The molecule has 106 valence electrons. The van der Waals surface area contributed by atoms with Gasteiger partial charge in [-0.05, 0) is 37.0 Å². The summed E-state index contributed by atoms with van der Waals surface area (Å²) in [4.78, 5) is 2.38. The summed E-state index contributed by atoms with van der Waals surface area (Å²) in [6.45, 7) is 5.91. The predicted molar refractivity (Wildman–Crippen MR) is 79.2 cm³/mol. The molecule has 1 aromatic rings. The predicted octanol–water partition coefficient (Wildman–Crippen LogP) is 2.43. The molecule has 4 unspecified atom stereocenters. The van der Waals surface area contributed by atoms with Gasteiger partial charge in [-0.25, -0.2) is 0 Å². The van der Waals surface area contributed by atoms with E-state index in [9.17, 15) is 5.11 Å². The van der Waals surface area contributed by atoms with E-state index >= 15 is 0 Å². The van der Waals surface area contributed by atoms with Gasteiger partial charge in [-0.3, -0.25) is 4.90 Å². The molecule has 0 spiro atoms. The Kier molecular flexibility index (Phi) is 4.85. The second-order valence-corrected chi connectivity index (χ2v) is 6.12. The second kappa shape index (κ2) is 6.23. The quantitative estimate of drug-likeness (QED) is 0.895. The molecule has 0 aromatic heterocycles. The molecule has 0 saturated carbocycles. The molecular formula is C15H23ClN2O. The Labute approximate surface area is 120 Å². The van der Waals surface area contributed by atoms with Crippen LogP contribution in [-0.2, 0) is 0 Å². The van der Waals surface area contributed by atoms with Crippen LogP contribution < -0.4 is 5.73 Å². The molecule has 1 aliphatic rings. The highest BCUT2D eigenvalue weighted by atomic mass is 35.5. The summed E-state index contributed by atoms with van der Waals surface area (Å²) >= 11 is 5.95. The number of rotatable bonds is 3. The molecule has 4 heteroatoms. The van der Waals surface area contributed by atoms with Gasteiger partial charge in [-0.1, -0.05) is 30.7 Å². The normalized spacial score (nSPS) is 28.1. The van der Waals surface area contributed by atoms with E-state index in [2.05, 4.69) is 11.8 Å². The molecule has 2 rings (SSSR count). The van der Waals surface area contributed by atoms with Crippen LogP contribution in [0.2, 0.25) is 5.02 Å². The van der Waals surface area contributed by atoms with Crippen molar-refractivity contribution in [3.05, 3.63) is 34.9 Å². The van der Waals surface area contributed by atoms with Gasteiger partial charge in [-0.2, -0.15) is 0 Å². The first-order valence-corrected chi connectivity index (χ1v) is 7.30. The minimum absolute atomic E-state index is 0.0450. The van der Waals surface area contributed by atoms with Crippen LogP contribution in [0, 0.1) is 5.92 Å². The molecule has 1 fully saturated rings. The fraction of sp³-hybridized carbons (Fsp3) is 0.600. The van der Waals surface area contributed by atoms with Crippen molar-refractivity contribution in [3.63, 3.8) is 0 Å². The number of halogens is 1. The summed E-state index contributed by atoms with van der Waals surface area (Å²) in [6, 6.07) is 8.15. The Hall–Kier alpha value is -0.610. The maximum atomic E-state index is 9.85. The topological polar surface area (TPSA) is 49.5 Å². The Morgan fingerprint density at radius 3 is 2.53 bits per heavy atom. The Morgan fingerprint density at radius 1 is 1.37 bits per heavy atom. The van der Waals surface area contributed by atoms with Gasteiger partial charge in [0, 0.05) is 30.2 Å². The first kappa shape index (κ1) is 14.8. The van der Waals surface area contributed by atoms with Crippen LogP contribution >= 0.6 is 11.6 Å². The van der Waals surface area contributed by atoms with Crippen LogP contribution in [0.15, 0.2) is 24.3 Å². The molecule has 1 aromatic carbocycles. The minimum atomic E-state index is -0.185. The number of likely N-dealkylation sites (tertiary alicyclic amines) is 1. The highest BCUT2D eigenvalue weighted by Crippen LogP contribution is 2.29. The zero-order valence-electron chi connectivity index (χ0n) is 11.6. The van der Waals surface area contributed by atoms with Crippen molar-refractivity contribution in [1.29, 1.82) is 0 Å². The molecule has 0 bridgehead atoms. The lowest BCUT2D eigenvalue weighted by Gasteiger charge is -2.41. The molecule has 1 aliphatic heterocycles. The summed E-state index contributed by atoms with van der Waals surface area (Å²) in [7, 11) is 0. The Morgan fingerprint density at radius 2 is 2.00 bits per heavy atom. The van der Waals surface area contributed by atoms with Crippen molar-refractivity contribution in [2.45, 2.75) is 38.5 Å². The third kappa shape index (κ3) is 3.48. The van der Waals surface area contributed by atoms with Gasteiger partial charge < -0.3 is 10.8 Å². The number of nitrogens with zero attached hydrogens (tertiary/aromatic N) is 1. The fourth-order valence-electron chi connectivity index (χ4n) is 2.92. The van der Waals surface area contributed by atoms with Crippen LogP contribution in [0.3, 0.4) is 0 Å². The van der Waals surface area contributed by atoms with Gasteiger partial charge in [0.15, 0.2) is 0 Å². The maximum Gasteiger partial charge on any atom is 0.0590 e. The Balaban J connectivity index is 2.18. The van der Waals surface area contributed by atoms with E-state index in [0.29, 0.717) is 5.92 Å². The van der Waals surface area contributed by atoms with Gasteiger partial charge >= 0.3 is 0 Å². The number of hydrogen-bond donors (Lipinski definition) is 2. The van der Waals surface area contributed by atoms with Crippen molar-refractivity contribution in [2.75, 3.05) is 13.1 Å². The smallest absolute Gasteiger partial charge is 0.0590 e. The number of hydrogen-bond acceptors (Lipinski definition) is 3. The molecule has 4 atom stereocenters. The number of aliphatic hydroxyl groups excluding tert-OH is 1. The standard InChI is InChI=1S/C15H23ClN2O/c1-10-9-18(8-7-14(10)19)15(11(2)17)12-3-5-13(16)6-4-12/h3-6,10-11,14-15,19H,7-9,17H2,1-2H3. The summed E-state index contributed by atoms with van der Waals surface area (Å²) < 4.78 is 0. The summed E-state index contributed by atoms with van der Waals surface area (Å²) in [5.74, 6) is 0.294. The molecule has 0 radical (unpaired) electrons. The van der Waals surface area contributed by atoms with Crippen LogP contribution in [-0.4, -0.2) is 35.2 Å². The van der Waals surface area contributed by atoms with Crippen LogP contribution in [0.4, 0.5) is 0 Å². The zero-order chi connectivity index (χ0) is 14.0. The van der Waals surface area contributed by atoms with Crippen molar-refractivity contribution in [1.82, 2.24) is 4.90 Å².